The van der Waals surface area contributed by atoms with Gasteiger partial charge in [-0.25, -0.2) is 0 Å². The number of benzene rings is 1. The lowest BCUT2D eigenvalue weighted by molar-refractivity contribution is -0.137. The Bertz CT molecular complexity index is 443. The van der Waals surface area contributed by atoms with Gasteiger partial charge in [0.2, 0.25) is 11.8 Å². The molecule has 2 amide bonds. The molecule has 4 heteroatoms. The molecule has 0 atom stereocenters. The van der Waals surface area contributed by atoms with Crippen LogP contribution in [0.2, 0.25) is 0 Å². The zero-order valence-electron chi connectivity index (χ0n) is 13.3. The zero-order chi connectivity index (χ0) is 15.7. The van der Waals surface area contributed by atoms with Gasteiger partial charge in [0.25, 0.3) is 0 Å². The van der Waals surface area contributed by atoms with Crippen LogP contribution in [0.15, 0.2) is 30.3 Å². The van der Waals surface area contributed by atoms with Crippen LogP contribution in [0.5, 0.6) is 0 Å². The number of carbonyl (C=O) groups excluding carboxylic acids is 2. The van der Waals surface area contributed by atoms with Gasteiger partial charge in [0.1, 0.15) is 6.42 Å². The summed E-state index contributed by atoms with van der Waals surface area (Å²) in [7, 11) is 0. The van der Waals surface area contributed by atoms with Gasteiger partial charge in [-0.05, 0) is 25.8 Å². The van der Waals surface area contributed by atoms with Crippen molar-refractivity contribution in [3.63, 3.8) is 0 Å². The summed E-state index contributed by atoms with van der Waals surface area (Å²) in [5.41, 5.74) is 1.07. The Morgan fingerprint density at radius 1 is 1.19 bits per heavy atom. The Morgan fingerprint density at radius 3 is 2.43 bits per heavy atom. The maximum Gasteiger partial charge on any atom is 0.232 e. The molecule has 116 valence electrons. The predicted octanol–water partition coefficient (Wildman–Crippen LogP) is 2.73. The van der Waals surface area contributed by atoms with Crippen LogP contribution in [-0.2, 0) is 16.1 Å². The number of nitrogens with one attached hydrogen (secondary N) is 1. The second-order valence-electron chi connectivity index (χ2n) is 5.48. The van der Waals surface area contributed by atoms with E-state index in [-0.39, 0.29) is 24.3 Å². The van der Waals surface area contributed by atoms with E-state index in [9.17, 15) is 9.59 Å². The van der Waals surface area contributed by atoms with Gasteiger partial charge in [-0.15, -0.1) is 0 Å². The molecule has 1 aromatic carbocycles. The first kappa shape index (κ1) is 17.2. The van der Waals surface area contributed by atoms with Crippen LogP contribution in [0, 0.1) is 0 Å². The Kier molecular flexibility index (Phi) is 7.51. The van der Waals surface area contributed by atoms with Crippen LogP contribution in [0.4, 0.5) is 0 Å². The first-order valence-electron chi connectivity index (χ1n) is 7.64. The Hall–Kier alpha value is -1.84. The molecule has 0 aliphatic heterocycles. The Labute approximate surface area is 127 Å². The molecule has 0 fully saturated rings. The van der Waals surface area contributed by atoms with Gasteiger partial charge in [0, 0.05) is 19.1 Å². The van der Waals surface area contributed by atoms with Crippen LogP contribution in [-0.4, -0.2) is 29.3 Å². The maximum atomic E-state index is 12.3. The molecule has 0 spiro atoms. The second kappa shape index (κ2) is 9.16. The van der Waals surface area contributed by atoms with E-state index in [0.717, 1.165) is 18.4 Å². The van der Waals surface area contributed by atoms with E-state index in [4.69, 9.17) is 0 Å². The zero-order valence-corrected chi connectivity index (χ0v) is 13.3. The summed E-state index contributed by atoms with van der Waals surface area (Å²) < 4.78 is 0. The van der Waals surface area contributed by atoms with E-state index in [0.29, 0.717) is 13.1 Å². The molecule has 0 aliphatic carbocycles. The van der Waals surface area contributed by atoms with Crippen molar-refractivity contribution in [1.29, 1.82) is 0 Å². The largest absolute Gasteiger partial charge is 0.356 e. The summed E-state index contributed by atoms with van der Waals surface area (Å²) in [4.78, 5) is 25.8. The highest BCUT2D eigenvalue weighted by Crippen LogP contribution is 2.10. The Balaban J connectivity index is 2.55. The summed E-state index contributed by atoms with van der Waals surface area (Å²) >= 11 is 0. The number of hydrogen-bond acceptors (Lipinski definition) is 2. The molecule has 21 heavy (non-hydrogen) atoms. The van der Waals surface area contributed by atoms with Crippen molar-refractivity contribution in [2.45, 2.75) is 52.6 Å². The fraction of sp³-hybridized carbons (Fsp3) is 0.529. The number of nitrogens with zero attached hydrogens (tertiary/aromatic N) is 1. The van der Waals surface area contributed by atoms with E-state index >= 15 is 0 Å². The molecular formula is C17H26N2O2. The summed E-state index contributed by atoms with van der Waals surface area (Å²) in [6.45, 7) is 7.19. The van der Waals surface area contributed by atoms with Crippen molar-refractivity contribution in [1.82, 2.24) is 10.2 Å². The average molecular weight is 290 g/mol. The SMILES string of the molecule is CCCCNC(=O)CC(=O)N(Cc1ccccc1)C(C)C. The van der Waals surface area contributed by atoms with Gasteiger partial charge in [0.05, 0.1) is 0 Å². The summed E-state index contributed by atoms with van der Waals surface area (Å²) in [5.74, 6) is -0.310. The first-order valence-corrected chi connectivity index (χ1v) is 7.64. The summed E-state index contributed by atoms with van der Waals surface area (Å²) in [6.07, 6.45) is 1.90. The normalized spacial score (nSPS) is 10.5. The topological polar surface area (TPSA) is 49.4 Å². The molecule has 0 aliphatic rings. The molecular weight excluding hydrogens is 264 g/mol. The number of amides is 2. The number of unbranched alkanes of at least 4 members (excludes halogenated alkanes) is 1. The standard InChI is InChI=1S/C17H26N2O2/c1-4-5-11-18-16(20)12-17(21)19(14(2)3)13-15-9-7-6-8-10-15/h6-10,14H,4-5,11-13H2,1-3H3,(H,18,20). The van der Waals surface area contributed by atoms with Crippen LogP contribution >= 0.6 is 0 Å². The fourth-order valence-corrected chi connectivity index (χ4v) is 2.04. The highest BCUT2D eigenvalue weighted by molar-refractivity contribution is 5.96. The lowest BCUT2D eigenvalue weighted by Gasteiger charge is -2.26. The monoisotopic (exact) mass is 290 g/mol. The molecule has 1 N–H and O–H groups in total. The molecule has 1 aromatic rings. The van der Waals surface area contributed by atoms with Crippen molar-refractivity contribution in [3.05, 3.63) is 35.9 Å². The fourth-order valence-electron chi connectivity index (χ4n) is 2.04. The molecule has 0 bridgehead atoms. The molecule has 0 heterocycles. The van der Waals surface area contributed by atoms with Crippen LogP contribution in [0.25, 0.3) is 0 Å². The molecule has 4 nitrogen and oxygen atoms in total. The number of hydrogen-bond donors (Lipinski definition) is 1. The second-order valence-corrected chi connectivity index (χ2v) is 5.48. The van der Waals surface area contributed by atoms with Gasteiger partial charge < -0.3 is 10.2 Å². The third kappa shape index (κ3) is 6.43. The Morgan fingerprint density at radius 2 is 1.86 bits per heavy atom. The number of carbonyl (C=O) groups is 2. The highest BCUT2D eigenvalue weighted by Gasteiger charge is 2.19. The van der Waals surface area contributed by atoms with Gasteiger partial charge in [0.15, 0.2) is 0 Å². The highest BCUT2D eigenvalue weighted by atomic mass is 16.2. The van der Waals surface area contributed by atoms with E-state index in [1.165, 1.54) is 0 Å². The smallest absolute Gasteiger partial charge is 0.232 e. The average Bonchev–Trinajstić information content (AvgIpc) is 2.45. The minimum Gasteiger partial charge on any atom is -0.356 e. The van der Waals surface area contributed by atoms with Crippen LogP contribution in [0.3, 0.4) is 0 Å². The first-order chi connectivity index (χ1) is 10.0. The quantitative estimate of drug-likeness (QED) is 0.591. The molecule has 0 radical (unpaired) electrons. The van der Waals surface area contributed by atoms with E-state index in [1.807, 2.05) is 44.2 Å². The maximum absolute atomic E-state index is 12.3. The third-order valence-electron chi connectivity index (χ3n) is 3.30. The minimum atomic E-state index is -0.188. The summed E-state index contributed by atoms with van der Waals surface area (Å²) in [6, 6.07) is 9.91. The van der Waals surface area contributed by atoms with Crippen molar-refractivity contribution in [3.8, 4) is 0 Å². The van der Waals surface area contributed by atoms with Gasteiger partial charge in [-0.1, -0.05) is 43.7 Å². The van der Waals surface area contributed by atoms with Crippen LogP contribution in [0.1, 0.15) is 45.6 Å². The molecule has 0 aromatic heterocycles. The van der Waals surface area contributed by atoms with Crippen molar-refractivity contribution in [2.75, 3.05) is 6.54 Å². The molecule has 0 unspecified atom stereocenters. The van der Waals surface area contributed by atoms with Gasteiger partial charge >= 0.3 is 0 Å². The number of rotatable bonds is 8. The third-order valence-corrected chi connectivity index (χ3v) is 3.30. The predicted molar refractivity (Wildman–Crippen MR) is 84.7 cm³/mol. The lowest BCUT2D eigenvalue weighted by Crippen LogP contribution is -2.39. The van der Waals surface area contributed by atoms with Crippen molar-refractivity contribution in [2.24, 2.45) is 0 Å². The molecule has 1 rings (SSSR count). The van der Waals surface area contributed by atoms with Crippen molar-refractivity contribution < 1.29 is 9.59 Å². The molecule has 0 saturated carbocycles. The van der Waals surface area contributed by atoms with Gasteiger partial charge in [-0.2, -0.15) is 0 Å². The van der Waals surface area contributed by atoms with E-state index < -0.39 is 0 Å². The lowest BCUT2D eigenvalue weighted by atomic mass is 10.1. The van der Waals surface area contributed by atoms with Crippen molar-refractivity contribution >= 4 is 11.8 Å². The minimum absolute atomic E-state index is 0.0705. The van der Waals surface area contributed by atoms with E-state index in [2.05, 4.69) is 12.2 Å². The van der Waals surface area contributed by atoms with Gasteiger partial charge in [-0.3, -0.25) is 9.59 Å². The molecule has 0 saturated heterocycles. The summed E-state index contributed by atoms with van der Waals surface area (Å²) in [5, 5.41) is 2.79. The van der Waals surface area contributed by atoms with E-state index in [1.54, 1.807) is 4.90 Å². The van der Waals surface area contributed by atoms with Crippen LogP contribution < -0.4 is 5.32 Å².